The van der Waals surface area contributed by atoms with Gasteiger partial charge in [-0.2, -0.15) is 0 Å². The molecule has 6 nitrogen and oxygen atoms in total. The van der Waals surface area contributed by atoms with Crippen molar-refractivity contribution in [2.45, 2.75) is 25.7 Å². The molecule has 0 unspecified atom stereocenters. The van der Waals surface area contributed by atoms with Gasteiger partial charge in [-0.1, -0.05) is 0 Å². The second-order valence-electron chi connectivity index (χ2n) is 6.88. The molecule has 3 fully saturated rings. The molecule has 2 aliphatic heterocycles. The highest BCUT2D eigenvalue weighted by Gasteiger charge is 2.35. The highest BCUT2D eigenvalue weighted by molar-refractivity contribution is 5.82. The third-order valence-corrected chi connectivity index (χ3v) is 5.19. The molecular formula is C16H27N3O3. The van der Waals surface area contributed by atoms with E-state index in [9.17, 15) is 9.59 Å². The molecule has 2 saturated heterocycles. The summed E-state index contributed by atoms with van der Waals surface area (Å²) in [6.45, 7) is 5.26. The Morgan fingerprint density at radius 3 is 2.00 bits per heavy atom. The average Bonchev–Trinajstić information content (AvgIpc) is 3.40. The number of aliphatic hydroxyl groups is 1. The van der Waals surface area contributed by atoms with Gasteiger partial charge in [-0.05, 0) is 44.7 Å². The van der Waals surface area contributed by atoms with Gasteiger partial charge in [-0.25, -0.2) is 0 Å². The smallest absolute Gasteiger partial charge is 0.236 e. The average molecular weight is 309 g/mol. The molecule has 0 bridgehead atoms. The maximum absolute atomic E-state index is 12.4. The fourth-order valence-electron chi connectivity index (χ4n) is 3.38. The highest BCUT2D eigenvalue weighted by Crippen LogP contribution is 2.31. The van der Waals surface area contributed by atoms with Crippen LogP contribution in [0.4, 0.5) is 0 Å². The molecule has 0 aromatic heterocycles. The minimum absolute atomic E-state index is 0.181. The molecule has 0 aromatic rings. The third kappa shape index (κ3) is 3.79. The quantitative estimate of drug-likeness (QED) is 0.779. The summed E-state index contributed by atoms with van der Waals surface area (Å²) in [5, 5.41) is 9.15. The fourth-order valence-corrected chi connectivity index (χ4v) is 3.38. The number of aliphatic hydroxyl groups excluding tert-OH is 1. The van der Waals surface area contributed by atoms with Crippen LogP contribution in [0, 0.1) is 11.8 Å². The molecule has 1 saturated carbocycles. The number of amides is 2. The van der Waals surface area contributed by atoms with Gasteiger partial charge in [0.2, 0.25) is 11.8 Å². The number of rotatable bonds is 4. The number of hydrogen-bond acceptors (Lipinski definition) is 4. The van der Waals surface area contributed by atoms with Crippen LogP contribution >= 0.6 is 0 Å². The summed E-state index contributed by atoms with van der Waals surface area (Å²) in [5.74, 6) is 1.15. The SMILES string of the molecule is O=C(CN1CCC(CO)CC1)N1CCN(C(=O)C2CC2)CC1. The maximum Gasteiger partial charge on any atom is 0.236 e. The van der Waals surface area contributed by atoms with Gasteiger partial charge in [0.25, 0.3) is 0 Å². The Kier molecular flexibility index (Phi) is 4.98. The van der Waals surface area contributed by atoms with E-state index < -0.39 is 0 Å². The van der Waals surface area contributed by atoms with Gasteiger partial charge in [0.05, 0.1) is 6.54 Å². The molecular weight excluding hydrogens is 282 g/mol. The summed E-state index contributed by atoms with van der Waals surface area (Å²) in [5.41, 5.74) is 0. The molecule has 3 aliphatic rings. The van der Waals surface area contributed by atoms with Gasteiger partial charge in [0, 0.05) is 38.7 Å². The van der Waals surface area contributed by atoms with Crippen molar-refractivity contribution in [1.29, 1.82) is 0 Å². The Morgan fingerprint density at radius 1 is 0.864 bits per heavy atom. The highest BCUT2D eigenvalue weighted by atomic mass is 16.3. The van der Waals surface area contributed by atoms with Crippen molar-refractivity contribution in [2.24, 2.45) is 11.8 Å². The van der Waals surface area contributed by atoms with E-state index in [1.807, 2.05) is 9.80 Å². The summed E-state index contributed by atoms with van der Waals surface area (Å²) in [7, 11) is 0. The first-order chi connectivity index (χ1) is 10.7. The van der Waals surface area contributed by atoms with E-state index in [-0.39, 0.29) is 24.3 Å². The predicted molar refractivity (Wildman–Crippen MR) is 82.1 cm³/mol. The molecule has 0 atom stereocenters. The molecule has 22 heavy (non-hydrogen) atoms. The summed E-state index contributed by atoms with van der Waals surface area (Å²) in [6.07, 6.45) is 4.05. The minimum Gasteiger partial charge on any atom is -0.396 e. The Hall–Kier alpha value is -1.14. The lowest BCUT2D eigenvalue weighted by Gasteiger charge is -2.37. The molecule has 0 spiro atoms. The largest absolute Gasteiger partial charge is 0.396 e. The van der Waals surface area contributed by atoms with Crippen LogP contribution in [-0.2, 0) is 9.59 Å². The lowest BCUT2D eigenvalue weighted by Crippen LogP contribution is -2.53. The first-order valence-electron chi connectivity index (χ1n) is 8.57. The van der Waals surface area contributed by atoms with Crippen molar-refractivity contribution in [3.8, 4) is 0 Å². The van der Waals surface area contributed by atoms with Crippen molar-refractivity contribution in [3.63, 3.8) is 0 Å². The van der Waals surface area contributed by atoms with Crippen LogP contribution < -0.4 is 0 Å². The van der Waals surface area contributed by atoms with Crippen molar-refractivity contribution in [3.05, 3.63) is 0 Å². The fraction of sp³-hybridized carbons (Fsp3) is 0.875. The molecule has 2 heterocycles. The van der Waals surface area contributed by atoms with Crippen LogP contribution in [0.1, 0.15) is 25.7 Å². The van der Waals surface area contributed by atoms with Crippen LogP contribution in [0.3, 0.4) is 0 Å². The number of piperazine rings is 1. The molecule has 2 amide bonds. The Labute approximate surface area is 132 Å². The minimum atomic E-state index is 0.181. The van der Waals surface area contributed by atoms with E-state index >= 15 is 0 Å². The molecule has 1 aliphatic carbocycles. The molecule has 6 heteroatoms. The van der Waals surface area contributed by atoms with Gasteiger partial charge < -0.3 is 14.9 Å². The number of nitrogens with zero attached hydrogens (tertiary/aromatic N) is 3. The van der Waals surface area contributed by atoms with E-state index in [1.54, 1.807) is 0 Å². The van der Waals surface area contributed by atoms with Crippen LogP contribution in [0.5, 0.6) is 0 Å². The van der Waals surface area contributed by atoms with Crippen molar-refractivity contribution in [2.75, 3.05) is 52.4 Å². The van der Waals surface area contributed by atoms with Crippen molar-refractivity contribution in [1.82, 2.24) is 14.7 Å². The molecule has 1 N–H and O–H groups in total. The van der Waals surface area contributed by atoms with E-state index in [4.69, 9.17) is 5.11 Å². The monoisotopic (exact) mass is 309 g/mol. The van der Waals surface area contributed by atoms with Gasteiger partial charge in [0.1, 0.15) is 0 Å². The number of carbonyl (C=O) groups is 2. The van der Waals surface area contributed by atoms with E-state index in [0.717, 1.165) is 38.8 Å². The van der Waals surface area contributed by atoms with Crippen molar-refractivity contribution < 1.29 is 14.7 Å². The molecule has 0 aromatic carbocycles. The summed E-state index contributed by atoms with van der Waals surface area (Å²) in [6, 6.07) is 0. The number of hydrogen-bond donors (Lipinski definition) is 1. The van der Waals surface area contributed by atoms with Gasteiger partial charge in [-0.15, -0.1) is 0 Å². The number of likely N-dealkylation sites (tertiary alicyclic amines) is 1. The van der Waals surface area contributed by atoms with Gasteiger partial charge in [-0.3, -0.25) is 14.5 Å². The maximum atomic E-state index is 12.4. The van der Waals surface area contributed by atoms with E-state index in [0.29, 0.717) is 38.6 Å². The normalized spacial score (nSPS) is 24.6. The molecule has 124 valence electrons. The van der Waals surface area contributed by atoms with Gasteiger partial charge >= 0.3 is 0 Å². The van der Waals surface area contributed by atoms with Crippen LogP contribution in [0.2, 0.25) is 0 Å². The Balaban J connectivity index is 1.39. The predicted octanol–water partition coefficient (Wildman–Crippen LogP) is -0.228. The molecule has 0 radical (unpaired) electrons. The van der Waals surface area contributed by atoms with Crippen LogP contribution in [0.25, 0.3) is 0 Å². The summed E-state index contributed by atoms with van der Waals surface area (Å²) >= 11 is 0. The standard InChI is InChI=1S/C16H27N3O3/c20-12-13-3-5-17(6-4-13)11-15(21)18-7-9-19(10-8-18)16(22)14-1-2-14/h13-14,20H,1-12H2. The van der Waals surface area contributed by atoms with Gasteiger partial charge in [0.15, 0.2) is 0 Å². The molecule has 3 rings (SSSR count). The number of carbonyl (C=O) groups excluding carboxylic acids is 2. The first kappa shape index (κ1) is 15.7. The lowest BCUT2D eigenvalue weighted by molar-refractivity contribution is -0.141. The summed E-state index contributed by atoms with van der Waals surface area (Å²) < 4.78 is 0. The van der Waals surface area contributed by atoms with Crippen LogP contribution in [0.15, 0.2) is 0 Å². The second kappa shape index (κ2) is 6.96. The Bertz CT molecular complexity index is 409. The number of piperidine rings is 1. The van der Waals surface area contributed by atoms with E-state index in [2.05, 4.69) is 4.90 Å². The lowest BCUT2D eigenvalue weighted by atomic mass is 9.98. The zero-order chi connectivity index (χ0) is 15.5. The van der Waals surface area contributed by atoms with Crippen molar-refractivity contribution >= 4 is 11.8 Å². The van der Waals surface area contributed by atoms with Crippen LogP contribution in [-0.4, -0.2) is 84.0 Å². The Morgan fingerprint density at radius 2 is 1.45 bits per heavy atom. The zero-order valence-corrected chi connectivity index (χ0v) is 13.2. The second-order valence-corrected chi connectivity index (χ2v) is 6.88. The summed E-state index contributed by atoms with van der Waals surface area (Å²) in [4.78, 5) is 30.4. The first-order valence-corrected chi connectivity index (χ1v) is 8.57. The zero-order valence-electron chi connectivity index (χ0n) is 13.2. The van der Waals surface area contributed by atoms with E-state index in [1.165, 1.54) is 0 Å². The topological polar surface area (TPSA) is 64.1 Å². The third-order valence-electron chi connectivity index (χ3n) is 5.19.